The first-order chi connectivity index (χ1) is 9.20. The van der Waals surface area contributed by atoms with Gasteiger partial charge in [-0.25, -0.2) is 9.78 Å². The van der Waals surface area contributed by atoms with Gasteiger partial charge in [-0.1, -0.05) is 12.1 Å². The van der Waals surface area contributed by atoms with Crippen LogP contribution >= 0.6 is 32.9 Å². The van der Waals surface area contributed by atoms with Gasteiger partial charge in [-0.05, 0) is 47.6 Å². The van der Waals surface area contributed by atoms with Crippen LogP contribution in [0.15, 0.2) is 38.9 Å². The molecule has 1 aromatic heterocycles. The fourth-order valence-electron chi connectivity index (χ4n) is 1.37. The Morgan fingerprint density at radius 2 is 2.16 bits per heavy atom. The average Bonchev–Trinajstić information content (AvgIpc) is 2.83. The van der Waals surface area contributed by atoms with E-state index in [-0.39, 0.29) is 5.97 Å². The first-order valence-corrected chi connectivity index (χ1v) is 8.76. The predicted molar refractivity (Wildman–Crippen MR) is 81.0 cm³/mol. The maximum atomic E-state index is 11.8. The number of hydrogen-bond acceptors (Lipinski definition) is 6. The van der Waals surface area contributed by atoms with Crippen molar-refractivity contribution in [3.63, 3.8) is 0 Å². The second-order valence-corrected chi connectivity index (χ2v) is 6.91. The monoisotopic (exact) mass is 311 g/mol. The number of esters is 1. The molecule has 1 heterocycles. The molecule has 0 radical (unpaired) electrons. The fourth-order valence-corrected chi connectivity index (χ4v) is 4.60. The standard InChI is InChI=1S/C13H13NO2S3/c1-3-16-12(15)10-6-4-5-7-11(10)18-19-13-14-9(2)8-17-13/h4-8H,3H2,1-2H3. The van der Waals surface area contributed by atoms with E-state index in [1.807, 2.05) is 30.5 Å². The number of aryl methyl sites for hydroxylation is 1. The Balaban J connectivity index is 2.09. The summed E-state index contributed by atoms with van der Waals surface area (Å²) in [5.74, 6) is -0.276. The lowest BCUT2D eigenvalue weighted by Gasteiger charge is -2.06. The number of hydrogen-bond donors (Lipinski definition) is 0. The van der Waals surface area contributed by atoms with Crippen molar-refractivity contribution in [1.29, 1.82) is 0 Å². The van der Waals surface area contributed by atoms with E-state index in [4.69, 9.17) is 4.74 Å². The van der Waals surface area contributed by atoms with Gasteiger partial charge in [-0.3, -0.25) is 0 Å². The highest BCUT2D eigenvalue weighted by molar-refractivity contribution is 8.77. The third kappa shape index (κ3) is 3.99. The van der Waals surface area contributed by atoms with E-state index in [2.05, 4.69) is 4.98 Å². The summed E-state index contributed by atoms with van der Waals surface area (Å²) in [6.07, 6.45) is 0. The highest BCUT2D eigenvalue weighted by atomic mass is 33.1. The first kappa shape index (κ1) is 14.4. The second-order valence-electron chi connectivity index (χ2n) is 3.64. The molecule has 1 aromatic carbocycles. The Labute approximate surface area is 124 Å². The molecule has 0 aliphatic rings. The molecule has 0 unspecified atom stereocenters. The largest absolute Gasteiger partial charge is 0.462 e. The Morgan fingerprint density at radius 1 is 1.37 bits per heavy atom. The molecule has 0 amide bonds. The summed E-state index contributed by atoms with van der Waals surface area (Å²) < 4.78 is 6.04. The number of ether oxygens (including phenoxy) is 1. The van der Waals surface area contributed by atoms with E-state index in [0.29, 0.717) is 12.2 Å². The molecule has 0 bridgehead atoms. The highest BCUT2D eigenvalue weighted by Gasteiger charge is 2.13. The molecule has 0 saturated heterocycles. The third-order valence-corrected chi connectivity index (χ3v) is 5.91. The molecule has 6 heteroatoms. The Bertz CT molecular complexity index is 569. The number of benzene rings is 1. The Kier molecular flexibility index (Phi) is 5.30. The van der Waals surface area contributed by atoms with Crippen molar-refractivity contribution in [1.82, 2.24) is 4.98 Å². The van der Waals surface area contributed by atoms with Crippen molar-refractivity contribution in [3.05, 3.63) is 40.9 Å². The molecule has 0 fully saturated rings. The summed E-state index contributed by atoms with van der Waals surface area (Å²) in [7, 11) is 3.09. The molecule has 0 N–H and O–H groups in total. The van der Waals surface area contributed by atoms with Crippen LogP contribution in [0.1, 0.15) is 23.0 Å². The lowest BCUT2D eigenvalue weighted by molar-refractivity contribution is 0.0522. The predicted octanol–water partition coefficient (Wildman–Crippen LogP) is 4.43. The van der Waals surface area contributed by atoms with Crippen LogP contribution in [0.2, 0.25) is 0 Å². The van der Waals surface area contributed by atoms with Crippen molar-refractivity contribution in [2.75, 3.05) is 6.61 Å². The summed E-state index contributed by atoms with van der Waals surface area (Å²) in [5.41, 5.74) is 1.63. The van der Waals surface area contributed by atoms with Gasteiger partial charge in [0.2, 0.25) is 0 Å². The molecule has 19 heavy (non-hydrogen) atoms. The molecule has 0 spiro atoms. The van der Waals surface area contributed by atoms with E-state index in [9.17, 15) is 4.79 Å². The normalized spacial score (nSPS) is 10.4. The van der Waals surface area contributed by atoms with Crippen molar-refractivity contribution >= 4 is 38.9 Å². The van der Waals surface area contributed by atoms with Gasteiger partial charge in [0.1, 0.15) is 0 Å². The molecule has 0 aliphatic heterocycles. The zero-order valence-corrected chi connectivity index (χ0v) is 13.0. The smallest absolute Gasteiger partial charge is 0.339 e. The van der Waals surface area contributed by atoms with Crippen LogP contribution in [0.5, 0.6) is 0 Å². The molecular formula is C13H13NO2S3. The number of rotatable bonds is 5. The van der Waals surface area contributed by atoms with Gasteiger partial charge in [-0.2, -0.15) is 0 Å². The average molecular weight is 311 g/mol. The van der Waals surface area contributed by atoms with E-state index < -0.39 is 0 Å². The zero-order chi connectivity index (χ0) is 13.7. The summed E-state index contributed by atoms with van der Waals surface area (Å²) in [6.45, 7) is 4.16. The van der Waals surface area contributed by atoms with E-state index in [0.717, 1.165) is 14.9 Å². The Morgan fingerprint density at radius 3 is 2.84 bits per heavy atom. The van der Waals surface area contributed by atoms with Gasteiger partial charge in [0.05, 0.1) is 12.2 Å². The van der Waals surface area contributed by atoms with Gasteiger partial charge in [-0.15, -0.1) is 11.3 Å². The number of carbonyl (C=O) groups excluding carboxylic acids is 1. The van der Waals surface area contributed by atoms with Crippen LogP contribution in [0.4, 0.5) is 0 Å². The quantitative estimate of drug-likeness (QED) is 0.603. The van der Waals surface area contributed by atoms with Gasteiger partial charge < -0.3 is 4.74 Å². The minimum Gasteiger partial charge on any atom is -0.462 e. The van der Waals surface area contributed by atoms with Gasteiger partial charge in [0.25, 0.3) is 0 Å². The van der Waals surface area contributed by atoms with Crippen LogP contribution < -0.4 is 0 Å². The van der Waals surface area contributed by atoms with Gasteiger partial charge >= 0.3 is 5.97 Å². The first-order valence-electron chi connectivity index (χ1n) is 5.73. The molecule has 0 saturated carbocycles. The Hall–Kier alpha value is -0.980. The van der Waals surface area contributed by atoms with Crippen LogP contribution in [0.3, 0.4) is 0 Å². The van der Waals surface area contributed by atoms with E-state index in [1.165, 1.54) is 10.8 Å². The van der Waals surface area contributed by atoms with E-state index in [1.54, 1.807) is 35.1 Å². The maximum absolute atomic E-state index is 11.8. The topological polar surface area (TPSA) is 39.2 Å². The summed E-state index contributed by atoms with van der Waals surface area (Å²) >= 11 is 1.61. The minimum absolute atomic E-state index is 0.276. The number of aromatic nitrogens is 1. The number of carbonyl (C=O) groups is 1. The SMILES string of the molecule is CCOC(=O)c1ccccc1SSc1nc(C)cs1. The molecule has 2 aromatic rings. The van der Waals surface area contributed by atoms with Gasteiger partial charge in [0.15, 0.2) is 4.34 Å². The number of thiazole rings is 1. The van der Waals surface area contributed by atoms with Crippen LogP contribution in [0, 0.1) is 6.92 Å². The van der Waals surface area contributed by atoms with Crippen LogP contribution in [-0.2, 0) is 4.74 Å². The van der Waals surface area contributed by atoms with Crippen LogP contribution in [-0.4, -0.2) is 17.6 Å². The third-order valence-electron chi connectivity index (χ3n) is 2.18. The highest BCUT2D eigenvalue weighted by Crippen LogP contribution is 2.40. The lowest BCUT2D eigenvalue weighted by Crippen LogP contribution is -2.05. The fraction of sp³-hybridized carbons (Fsp3) is 0.231. The minimum atomic E-state index is -0.276. The summed E-state index contributed by atoms with van der Waals surface area (Å²) in [5, 5.41) is 2.01. The molecule has 0 aliphatic carbocycles. The summed E-state index contributed by atoms with van der Waals surface area (Å²) in [6, 6.07) is 7.46. The summed E-state index contributed by atoms with van der Waals surface area (Å²) in [4.78, 5) is 17.1. The number of nitrogens with zero attached hydrogens (tertiary/aromatic N) is 1. The second kappa shape index (κ2) is 6.98. The maximum Gasteiger partial charge on any atom is 0.339 e. The molecule has 100 valence electrons. The van der Waals surface area contributed by atoms with Crippen molar-refractivity contribution < 1.29 is 9.53 Å². The van der Waals surface area contributed by atoms with Crippen LogP contribution in [0.25, 0.3) is 0 Å². The van der Waals surface area contributed by atoms with Crippen molar-refractivity contribution in [3.8, 4) is 0 Å². The van der Waals surface area contributed by atoms with Gasteiger partial charge in [0, 0.05) is 16.0 Å². The molecule has 2 rings (SSSR count). The molecule has 3 nitrogen and oxygen atoms in total. The molecule has 0 atom stereocenters. The molecular weight excluding hydrogens is 298 g/mol. The lowest BCUT2D eigenvalue weighted by atomic mass is 10.2. The van der Waals surface area contributed by atoms with Crippen molar-refractivity contribution in [2.45, 2.75) is 23.1 Å². The van der Waals surface area contributed by atoms with E-state index >= 15 is 0 Å². The zero-order valence-electron chi connectivity index (χ0n) is 10.6. The van der Waals surface area contributed by atoms with Crippen molar-refractivity contribution in [2.24, 2.45) is 0 Å².